The van der Waals surface area contributed by atoms with Crippen LogP contribution in [0.1, 0.15) is 36.0 Å². The van der Waals surface area contributed by atoms with Crippen molar-refractivity contribution in [1.29, 1.82) is 0 Å². The van der Waals surface area contributed by atoms with E-state index >= 15 is 0 Å². The highest BCUT2D eigenvalue weighted by atomic mass is 16.1. The lowest BCUT2D eigenvalue weighted by molar-refractivity contribution is 0.0938. The zero-order valence-electron chi connectivity index (χ0n) is 9.07. The highest BCUT2D eigenvalue weighted by molar-refractivity contribution is 6.07. The van der Waals surface area contributed by atoms with Gasteiger partial charge in [0.1, 0.15) is 0 Å². The van der Waals surface area contributed by atoms with Gasteiger partial charge in [-0.1, -0.05) is 19.3 Å². The third kappa shape index (κ3) is 1.52. The predicted molar refractivity (Wildman–Crippen MR) is 62.4 cm³/mol. The van der Waals surface area contributed by atoms with Crippen molar-refractivity contribution < 1.29 is 4.79 Å². The highest BCUT2D eigenvalue weighted by Gasteiger charge is 2.22. The lowest BCUT2D eigenvalue weighted by Gasteiger charge is -2.24. The number of carbonyl (C=O) groups excluding carboxylic acids is 1. The van der Waals surface area contributed by atoms with Crippen LogP contribution in [-0.2, 0) is 0 Å². The summed E-state index contributed by atoms with van der Waals surface area (Å²) >= 11 is 0. The summed E-state index contributed by atoms with van der Waals surface area (Å²) in [7, 11) is 0. The number of aromatic amines is 1. The Balaban J connectivity index is 1.89. The third-order valence-corrected chi connectivity index (χ3v) is 3.48. The van der Waals surface area contributed by atoms with Crippen LogP contribution >= 0.6 is 0 Å². The molecule has 1 N–H and O–H groups in total. The molecule has 0 aromatic carbocycles. The van der Waals surface area contributed by atoms with E-state index < -0.39 is 0 Å². The average molecular weight is 214 g/mol. The largest absolute Gasteiger partial charge is 0.360 e. The molecule has 2 heterocycles. The number of fused-ring (bicyclic) bond motifs is 1. The van der Waals surface area contributed by atoms with Crippen molar-refractivity contribution in [3.8, 4) is 0 Å². The molecule has 0 bridgehead atoms. The van der Waals surface area contributed by atoms with E-state index in [2.05, 4.69) is 9.97 Å². The number of rotatable bonds is 3. The summed E-state index contributed by atoms with van der Waals surface area (Å²) in [6, 6.07) is 1.90. The minimum Gasteiger partial charge on any atom is -0.360 e. The Morgan fingerprint density at radius 2 is 2.38 bits per heavy atom. The third-order valence-electron chi connectivity index (χ3n) is 3.48. The van der Waals surface area contributed by atoms with Gasteiger partial charge in [0.25, 0.3) is 0 Å². The molecule has 1 fully saturated rings. The highest BCUT2D eigenvalue weighted by Crippen LogP contribution is 2.31. The molecule has 1 aliphatic carbocycles. The molecule has 0 unspecified atom stereocenters. The van der Waals surface area contributed by atoms with Gasteiger partial charge in [0, 0.05) is 41.5 Å². The lowest BCUT2D eigenvalue weighted by Crippen LogP contribution is -2.15. The number of nitrogens with one attached hydrogen (secondary N) is 1. The first-order chi connectivity index (χ1) is 7.84. The second kappa shape index (κ2) is 3.74. The maximum Gasteiger partial charge on any atom is 0.165 e. The van der Waals surface area contributed by atoms with E-state index in [1.807, 2.05) is 12.3 Å². The van der Waals surface area contributed by atoms with Crippen LogP contribution in [0.15, 0.2) is 24.7 Å². The van der Waals surface area contributed by atoms with E-state index in [0.29, 0.717) is 12.3 Å². The zero-order chi connectivity index (χ0) is 11.0. The molecule has 0 amide bonds. The molecule has 2 aromatic rings. The van der Waals surface area contributed by atoms with Crippen LogP contribution in [0.3, 0.4) is 0 Å². The van der Waals surface area contributed by atoms with Crippen LogP contribution in [0.2, 0.25) is 0 Å². The van der Waals surface area contributed by atoms with E-state index in [4.69, 9.17) is 0 Å². The van der Waals surface area contributed by atoms with Crippen LogP contribution in [0, 0.1) is 5.92 Å². The molecule has 0 spiro atoms. The summed E-state index contributed by atoms with van der Waals surface area (Å²) in [5.41, 5.74) is 1.79. The molecule has 1 aliphatic rings. The predicted octanol–water partition coefficient (Wildman–Crippen LogP) is 2.94. The minimum atomic E-state index is 0.254. The Labute approximate surface area is 93.9 Å². The standard InChI is InChI=1S/C13H14N2O/c16-13(6-9-2-1-3-9)11-8-15-12-4-5-14-7-10(11)12/h4-5,7-9,15H,1-3,6H2. The molecule has 0 atom stereocenters. The van der Waals surface area contributed by atoms with E-state index in [0.717, 1.165) is 16.5 Å². The number of hydrogen-bond donors (Lipinski definition) is 1. The summed E-state index contributed by atoms with van der Waals surface area (Å²) in [6.07, 6.45) is 9.72. The average Bonchev–Trinajstić information content (AvgIpc) is 2.67. The maximum absolute atomic E-state index is 12.1. The Bertz CT molecular complexity index is 525. The quantitative estimate of drug-likeness (QED) is 0.798. The molecule has 3 rings (SSSR count). The van der Waals surface area contributed by atoms with Gasteiger partial charge in [-0.2, -0.15) is 0 Å². The summed E-state index contributed by atoms with van der Waals surface area (Å²) in [5.74, 6) is 0.873. The molecule has 0 aliphatic heterocycles. The van der Waals surface area contributed by atoms with Gasteiger partial charge in [-0.15, -0.1) is 0 Å². The number of hydrogen-bond acceptors (Lipinski definition) is 2. The van der Waals surface area contributed by atoms with Gasteiger partial charge in [-0.25, -0.2) is 0 Å². The van der Waals surface area contributed by atoms with E-state index in [1.54, 1.807) is 12.4 Å². The van der Waals surface area contributed by atoms with Crippen molar-refractivity contribution in [3.05, 3.63) is 30.2 Å². The van der Waals surface area contributed by atoms with Crippen molar-refractivity contribution in [2.45, 2.75) is 25.7 Å². The van der Waals surface area contributed by atoms with Crippen molar-refractivity contribution >= 4 is 16.7 Å². The van der Waals surface area contributed by atoms with Crippen LogP contribution in [0.4, 0.5) is 0 Å². The summed E-state index contributed by atoms with van der Waals surface area (Å²) in [5, 5.41) is 0.951. The summed E-state index contributed by atoms with van der Waals surface area (Å²) in [4.78, 5) is 19.3. The molecule has 82 valence electrons. The van der Waals surface area contributed by atoms with E-state index in [-0.39, 0.29) is 5.78 Å². The Hall–Kier alpha value is -1.64. The second-order valence-corrected chi connectivity index (χ2v) is 4.55. The Morgan fingerprint density at radius 1 is 1.50 bits per heavy atom. The minimum absolute atomic E-state index is 0.254. The molecule has 1 saturated carbocycles. The van der Waals surface area contributed by atoms with Crippen molar-refractivity contribution in [3.63, 3.8) is 0 Å². The molecule has 2 aromatic heterocycles. The number of aromatic nitrogens is 2. The lowest BCUT2D eigenvalue weighted by atomic mass is 9.81. The van der Waals surface area contributed by atoms with Gasteiger partial charge in [-0.05, 0) is 12.0 Å². The molecular formula is C13H14N2O. The van der Waals surface area contributed by atoms with Gasteiger partial charge < -0.3 is 4.98 Å². The SMILES string of the molecule is O=C(CC1CCC1)c1c[nH]c2ccncc12. The van der Waals surface area contributed by atoms with Crippen molar-refractivity contribution in [1.82, 2.24) is 9.97 Å². The van der Waals surface area contributed by atoms with Gasteiger partial charge >= 0.3 is 0 Å². The topological polar surface area (TPSA) is 45.8 Å². The number of pyridine rings is 1. The van der Waals surface area contributed by atoms with Gasteiger partial charge in [0.15, 0.2) is 5.78 Å². The second-order valence-electron chi connectivity index (χ2n) is 4.55. The zero-order valence-corrected chi connectivity index (χ0v) is 9.07. The smallest absolute Gasteiger partial charge is 0.165 e. The fourth-order valence-corrected chi connectivity index (χ4v) is 2.26. The van der Waals surface area contributed by atoms with Gasteiger partial charge in [0.2, 0.25) is 0 Å². The Kier molecular flexibility index (Phi) is 2.24. The summed E-state index contributed by atoms with van der Waals surface area (Å²) in [6.45, 7) is 0. The van der Waals surface area contributed by atoms with Gasteiger partial charge in [0.05, 0.1) is 0 Å². The van der Waals surface area contributed by atoms with Crippen LogP contribution < -0.4 is 0 Å². The normalized spacial score (nSPS) is 16.2. The molecular weight excluding hydrogens is 200 g/mol. The number of nitrogens with zero attached hydrogens (tertiary/aromatic N) is 1. The Morgan fingerprint density at radius 3 is 3.12 bits per heavy atom. The monoisotopic (exact) mass is 214 g/mol. The molecule has 0 radical (unpaired) electrons. The van der Waals surface area contributed by atoms with Crippen molar-refractivity contribution in [2.75, 3.05) is 0 Å². The number of carbonyl (C=O) groups is 1. The first-order valence-corrected chi connectivity index (χ1v) is 5.79. The fraction of sp³-hybridized carbons (Fsp3) is 0.385. The first kappa shape index (κ1) is 9.58. The number of ketones is 1. The number of Topliss-reactive ketones (excluding diaryl/α,β-unsaturated/α-hetero) is 1. The van der Waals surface area contributed by atoms with Crippen LogP contribution in [0.25, 0.3) is 10.9 Å². The van der Waals surface area contributed by atoms with E-state index in [1.165, 1.54) is 19.3 Å². The van der Waals surface area contributed by atoms with E-state index in [9.17, 15) is 4.79 Å². The summed E-state index contributed by atoms with van der Waals surface area (Å²) < 4.78 is 0. The molecule has 3 nitrogen and oxygen atoms in total. The number of H-pyrrole nitrogens is 1. The van der Waals surface area contributed by atoms with Crippen molar-refractivity contribution in [2.24, 2.45) is 5.92 Å². The molecule has 3 heteroatoms. The molecule has 0 saturated heterocycles. The fourth-order valence-electron chi connectivity index (χ4n) is 2.26. The first-order valence-electron chi connectivity index (χ1n) is 5.79. The van der Waals surface area contributed by atoms with Crippen LogP contribution in [0.5, 0.6) is 0 Å². The molecule has 16 heavy (non-hydrogen) atoms. The maximum atomic E-state index is 12.1. The van der Waals surface area contributed by atoms with Crippen LogP contribution in [-0.4, -0.2) is 15.8 Å². The van der Waals surface area contributed by atoms with Gasteiger partial charge in [-0.3, -0.25) is 9.78 Å².